The Morgan fingerprint density at radius 1 is 1.10 bits per heavy atom. The van der Waals surface area contributed by atoms with Crippen molar-refractivity contribution in [3.8, 4) is 11.3 Å². The molecule has 2 aromatic carbocycles. The zero-order valence-corrected chi connectivity index (χ0v) is 17.5. The molecule has 8 heteroatoms. The van der Waals surface area contributed by atoms with Crippen molar-refractivity contribution in [1.29, 1.82) is 0 Å². The van der Waals surface area contributed by atoms with Gasteiger partial charge in [0, 0.05) is 41.8 Å². The molecular formula is C23H26N6O2. The maximum Gasteiger partial charge on any atom is 0.252 e. The second kappa shape index (κ2) is 9.55. The quantitative estimate of drug-likeness (QED) is 0.529. The van der Waals surface area contributed by atoms with E-state index < -0.39 is 0 Å². The molecule has 1 aliphatic heterocycles. The first-order valence-electron chi connectivity index (χ1n) is 10.3. The first-order chi connectivity index (χ1) is 15.1. The van der Waals surface area contributed by atoms with Gasteiger partial charge < -0.3 is 26.0 Å². The van der Waals surface area contributed by atoms with Gasteiger partial charge in [-0.05, 0) is 48.9 Å². The van der Waals surface area contributed by atoms with Crippen LogP contribution in [-0.4, -0.2) is 48.8 Å². The molecule has 4 N–H and O–H groups in total. The fourth-order valence-electron chi connectivity index (χ4n) is 3.47. The molecule has 1 fully saturated rings. The highest BCUT2D eigenvalue weighted by Crippen LogP contribution is 2.25. The Morgan fingerprint density at radius 2 is 1.81 bits per heavy atom. The van der Waals surface area contributed by atoms with E-state index in [9.17, 15) is 4.79 Å². The van der Waals surface area contributed by atoms with Crippen molar-refractivity contribution in [2.45, 2.75) is 6.92 Å². The van der Waals surface area contributed by atoms with Crippen LogP contribution >= 0.6 is 0 Å². The van der Waals surface area contributed by atoms with E-state index in [1.807, 2.05) is 31.2 Å². The van der Waals surface area contributed by atoms with Crippen LogP contribution in [0.15, 0.2) is 54.7 Å². The van der Waals surface area contributed by atoms with Crippen LogP contribution in [0.2, 0.25) is 0 Å². The Hall–Kier alpha value is -3.49. The summed E-state index contributed by atoms with van der Waals surface area (Å²) in [5.41, 5.74) is 10.7. The van der Waals surface area contributed by atoms with Gasteiger partial charge in [0.2, 0.25) is 5.95 Å². The number of hydrogen-bond donors (Lipinski definition) is 3. The Balaban J connectivity index is 1.49. The number of nitrogens with zero attached hydrogens (tertiary/aromatic N) is 3. The molecule has 2 heterocycles. The Morgan fingerprint density at radius 3 is 2.48 bits per heavy atom. The van der Waals surface area contributed by atoms with E-state index in [0.717, 1.165) is 48.8 Å². The van der Waals surface area contributed by atoms with Gasteiger partial charge in [-0.3, -0.25) is 4.79 Å². The van der Waals surface area contributed by atoms with Crippen molar-refractivity contribution in [2.24, 2.45) is 5.73 Å². The minimum atomic E-state index is -0.198. The van der Waals surface area contributed by atoms with Gasteiger partial charge in [-0.15, -0.1) is 0 Å². The van der Waals surface area contributed by atoms with Crippen molar-refractivity contribution < 1.29 is 9.53 Å². The van der Waals surface area contributed by atoms with E-state index >= 15 is 0 Å². The first kappa shape index (κ1) is 20.8. The average Bonchev–Trinajstić information content (AvgIpc) is 2.82. The monoisotopic (exact) mass is 418 g/mol. The molecule has 3 aromatic rings. The number of carbonyl (C=O) groups excluding carboxylic acids is 1. The highest BCUT2D eigenvalue weighted by molar-refractivity contribution is 5.94. The summed E-state index contributed by atoms with van der Waals surface area (Å²) in [4.78, 5) is 23.3. The molecule has 0 saturated carbocycles. The van der Waals surface area contributed by atoms with Gasteiger partial charge in [-0.2, -0.15) is 0 Å². The summed E-state index contributed by atoms with van der Waals surface area (Å²) in [7, 11) is 0. The van der Waals surface area contributed by atoms with Crippen molar-refractivity contribution >= 4 is 23.2 Å². The molecule has 0 atom stereocenters. The number of carbonyl (C=O) groups is 1. The number of benzene rings is 2. The van der Waals surface area contributed by atoms with Crippen LogP contribution in [0.5, 0.6) is 0 Å². The SMILES string of the molecule is Cc1cnc(Nc2ccc(N3CCOCC3)cc2)nc1-c1ccc(C(=O)NCN)cc1. The Labute approximate surface area is 181 Å². The van der Waals surface area contributed by atoms with E-state index in [0.29, 0.717) is 11.5 Å². The first-order valence-corrected chi connectivity index (χ1v) is 10.3. The molecular weight excluding hydrogens is 392 g/mol. The lowest BCUT2D eigenvalue weighted by molar-refractivity contribution is 0.0955. The zero-order valence-electron chi connectivity index (χ0n) is 17.5. The van der Waals surface area contributed by atoms with Crippen LogP contribution < -0.4 is 21.3 Å². The summed E-state index contributed by atoms with van der Waals surface area (Å²) in [5, 5.41) is 5.86. The maximum atomic E-state index is 11.9. The molecule has 0 aliphatic carbocycles. The van der Waals surface area contributed by atoms with Gasteiger partial charge >= 0.3 is 0 Å². The van der Waals surface area contributed by atoms with Crippen LogP contribution in [0.4, 0.5) is 17.3 Å². The third-order valence-corrected chi connectivity index (χ3v) is 5.15. The van der Waals surface area contributed by atoms with E-state index in [1.165, 1.54) is 5.69 Å². The molecule has 1 amide bonds. The molecule has 1 saturated heterocycles. The number of aromatic nitrogens is 2. The number of rotatable bonds is 6. The van der Waals surface area contributed by atoms with Gasteiger partial charge in [0.1, 0.15) is 0 Å². The minimum absolute atomic E-state index is 0.105. The molecule has 0 unspecified atom stereocenters. The number of morpholine rings is 1. The standard InChI is InChI=1S/C23H26N6O2/c1-16-14-25-23(27-19-6-8-20(9-7-19)29-10-12-31-13-11-29)28-21(16)17-2-4-18(5-3-17)22(30)26-15-24/h2-9,14H,10-13,15,24H2,1H3,(H,26,30)(H,25,27,28). The van der Waals surface area contributed by atoms with Crippen molar-refractivity contribution in [3.63, 3.8) is 0 Å². The van der Waals surface area contributed by atoms with Crippen LogP contribution in [0.3, 0.4) is 0 Å². The van der Waals surface area contributed by atoms with Gasteiger partial charge in [0.25, 0.3) is 5.91 Å². The summed E-state index contributed by atoms with van der Waals surface area (Å²) in [6, 6.07) is 15.5. The topological polar surface area (TPSA) is 105 Å². The molecule has 31 heavy (non-hydrogen) atoms. The molecule has 8 nitrogen and oxygen atoms in total. The molecule has 4 rings (SSSR count). The van der Waals surface area contributed by atoms with Crippen LogP contribution in [0, 0.1) is 6.92 Å². The predicted molar refractivity (Wildman–Crippen MR) is 121 cm³/mol. The van der Waals surface area contributed by atoms with Crippen molar-refractivity contribution in [1.82, 2.24) is 15.3 Å². The minimum Gasteiger partial charge on any atom is -0.378 e. The highest BCUT2D eigenvalue weighted by Gasteiger charge is 2.12. The average molecular weight is 419 g/mol. The summed E-state index contributed by atoms with van der Waals surface area (Å²) in [6.45, 7) is 5.41. The summed E-state index contributed by atoms with van der Waals surface area (Å²) >= 11 is 0. The predicted octanol–water partition coefficient (Wildman–Crippen LogP) is 2.68. The fraction of sp³-hybridized carbons (Fsp3) is 0.261. The largest absolute Gasteiger partial charge is 0.378 e. The number of aryl methyl sites for hydroxylation is 1. The van der Waals surface area contributed by atoms with Gasteiger partial charge in [-0.25, -0.2) is 9.97 Å². The molecule has 0 radical (unpaired) electrons. The fourth-order valence-corrected chi connectivity index (χ4v) is 3.47. The molecule has 0 bridgehead atoms. The lowest BCUT2D eigenvalue weighted by atomic mass is 10.1. The van der Waals surface area contributed by atoms with Crippen molar-refractivity contribution in [2.75, 3.05) is 43.2 Å². The van der Waals surface area contributed by atoms with E-state index in [2.05, 4.69) is 32.7 Å². The Kier molecular flexibility index (Phi) is 6.40. The lowest BCUT2D eigenvalue weighted by Gasteiger charge is -2.28. The molecule has 1 aromatic heterocycles. The van der Waals surface area contributed by atoms with Gasteiger partial charge in [-0.1, -0.05) is 12.1 Å². The van der Waals surface area contributed by atoms with E-state index in [1.54, 1.807) is 18.3 Å². The number of amides is 1. The van der Waals surface area contributed by atoms with Crippen LogP contribution in [0.1, 0.15) is 15.9 Å². The number of hydrogen-bond acceptors (Lipinski definition) is 7. The summed E-state index contributed by atoms with van der Waals surface area (Å²) in [5.74, 6) is 0.320. The van der Waals surface area contributed by atoms with E-state index in [-0.39, 0.29) is 12.6 Å². The summed E-state index contributed by atoms with van der Waals surface area (Å²) in [6.07, 6.45) is 1.79. The van der Waals surface area contributed by atoms with E-state index in [4.69, 9.17) is 15.5 Å². The second-order valence-electron chi connectivity index (χ2n) is 7.28. The number of ether oxygens (including phenoxy) is 1. The van der Waals surface area contributed by atoms with Crippen LogP contribution in [-0.2, 0) is 4.74 Å². The number of nitrogens with two attached hydrogens (primary N) is 1. The molecule has 160 valence electrons. The zero-order chi connectivity index (χ0) is 21.6. The third-order valence-electron chi connectivity index (χ3n) is 5.15. The van der Waals surface area contributed by atoms with Crippen LogP contribution in [0.25, 0.3) is 11.3 Å². The van der Waals surface area contributed by atoms with Crippen molar-refractivity contribution in [3.05, 3.63) is 65.9 Å². The third kappa shape index (κ3) is 4.99. The van der Waals surface area contributed by atoms with Gasteiger partial charge in [0.05, 0.1) is 25.6 Å². The number of anilines is 3. The highest BCUT2D eigenvalue weighted by atomic mass is 16.5. The number of nitrogens with one attached hydrogen (secondary N) is 2. The second-order valence-corrected chi connectivity index (χ2v) is 7.28. The molecule has 1 aliphatic rings. The van der Waals surface area contributed by atoms with Gasteiger partial charge in [0.15, 0.2) is 0 Å². The summed E-state index contributed by atoms with van der Waals surface area (Å²) < 4.78 is 5.41. The lowest BCUT2D eigenvalue weighted by Crippen LogP contribution is -2.36. The molecule has 0 spiro atoms. The smallest absolute Gasteiger partial charge is 0.252 e. The normalized spacial score (nSPS) is 13.7. The maximum absolute atomic E-state index is 11.9. The Bertz CT molecular complexity index is 1030.